The number of fused-ring (bicyclic) bond motifs is 3. The van der Waals surface area contributed by atoms with Gasteiger partial charge in [-0.1, -0.05) is 60.1 Å². The zero-order chi connectivity index (χ0) is 15.6. The summed E-state index contributed by atoms with van der Waals surface area (Å²) in [6, 6.07) is 17.7. The lowest BCUT2D eigenvalue weighted by Crippen LogP contribution is -1.97. The van der Waals surface area contributed by atoms with Gasteiger partial charge in [-0.15, -0.1) is 10.2 Å². The lowest BCUT2D eigenvalue weighted by molar-refractivity contribution is 1.04. The zero-order valence-corrected chi connectivity index (χ0v) is 12.7. The molecular formula is C17H12ClN5. The second kappa shape index (κ2) is 5.70. The van der Waals surface area contributed by atoms with Crippen molar-refractivity contribution in [2.75, 3.05) is 5.43 Å². The van der Waals surface area contributed by atoms with E-state index >= 15 is 0 Å². The maximum Gasteiger partial charge on any atom is 0.193 e. The van der Waals surface area contributed by atoms with Crippen LogP contribution in [-0.4, -0.2) is 21.4 Å². The fraction of sp³-hybridized carbons (Fsp3) is 0. The topological polar surface area (TPSA) is 66.0 Å². The Morgan fingerprint density at radius 3 is 2.65 bits per heavy atom. The van der Waals surface area contributed by atoms with Gasteiger partial charge in [-0.25, -0.2) is 0 Å². The van der Waals surface area contributed by atoms with Crippen molar-refractivity contribution in [2.24, 2.45) is 5.10 Å². The highest BCUT2D eigenvalue weighted by molar-refractivity contribution is 6.37. The predicted molar refractivity (Wildman–Crippen MR) is 94.1 cm³/mol. The van der Waals surface area contributed by atoms with E-state index in [1.54, 1.807) is 6.21 Å². The van der Waals surface area contributed by atoms with Crippen molar-refractivity contribution < 1.29 is 0 Å². The van der Waals surface area contributed by atoms with Gasteiger partial charge in [0.05, 0.1) is 17.1 Å². The Morgan fingerprint density at radius 1 is 1.00 bits per heavy atom. The summed E-state index contributed by atoms with van der Waals surface area (Å²) in [5.74, 6) is 0.535. The molecular weight excluding hydrogens is 310 g/mol. The van der Waals surface area contributed by atoms with Crippen LogP contribution < -0.4 is 5.43 Å². The molecule has 6 heteroatoms. The average molecular weight is 322 g/mol. The van der Waals surface area contributed by atoms with Crippen LogP contribution in [0, 0.1) is 0 Å². The minimum atomic E-state index is 0.370. The third kappa shape index (κ3) is 2.51. The van der Waals surface area contributed by atoms with Gasteiger partial charge < -0.3 is 4.98 Å². The van der Waals surface area contributed by atoms with Crippen molar-refractivity contribution in [1.29, 1.82) is 0 Å². The summed E-state index contributed by atoms with van der Waals surface area (Å²) in [5.41, 5.74) is 5.69. The van der Waals surface area contributed by atoms with E-state index in [9.17, 15) is 0 Å². The number of aromatic amines is 1. The molecule has 0 spiro atoms. The number of H-pyrrole nitrogens is 1. The van der Waals surface area contributed by atoms with Crippen LogP contribution in [0.1, 0.15) is 5.56 Å². The second-order valence-corrected chi connectivity index (χ2v) is 5.40. The van der Waals surface area contributed by atoms with E-state index in [1.165, 1.54) is 0 Å². The highest BCUT2D eigenvalue weighted by Crippen LogP contribution is 2.32. The standard InChI is InChI=1S/C17H12ClN5/c18-16-14-12-8-4-5-9-13(12)20-15(14)17(23-21-16)22-19-10-11-6-2-1-3-7-11/h1-10,20H,(H,22,23)/b19-10-. The Morgan fingerprint density at radius 2 is 1.78 bits per heavy atom. The third-order valence-corrected chi connectivity index (χ3v) is 3.84. The van der Waals surface area contributed by atoms with Gasteiger partial charge in [0, 0.05) is 10.9 Å². The quantitative estimate of drug-likeness (QED) is 0.439. The molecule has 0 aliphatic carbocycles. The lowest BCUT2D eigenvalue weighted by Gasteiger charge is -2.01. The van der Waals surface area contributed by atoms with Gasteiger partial charge in [-0.2, -0.15) is 5.10 Å². The van der Waals surface area contributed by atoms with Gasteiger partial charge in [-0.3, -0.25) is 5.43 Å². The number of para-hydroxylation sites is 1. The highest BCUT2D eigenvalue weighted by atomic mass is 35.5. The van der Waals surface area contributed by atoms with Crippen LogP contribution in [0.2, 0.25) is 5.15 Å². The Balaban J connectivity index is 1.76. The Labute approximate surface area is 137 Å². The van der Waals surface area contributed by atoms with E-state index in [4.69, 9.17) is 11.6 Å². The maximum atomic E-state index is 6.22. The predicted octanol–water partition coefficient (Wildman–Crippen LogP) is 4.21. The van der Waals surface area contributed by atoms with Crippen molar-refractivity contribution in [1.82, 2.24) is 15.2 Å². The molecule has 4 rings (SSSR count). The third-order valence-electron chi connectivity index (χ3n) is 3.57. The number of benzene rings is 2. The van der Waals surface area contributed by atoms with Crippen molar-refractivity contribution in [3.05, 3.63) is 65.3 Å². The first-order chi connectivity index (χ1) is 11.3. The number of halogens is 1. The normalized spacial score (nSPS) is 11.5. The van der Waals surface area contributed by atoms with Crippen LogP contribution in [0.5, 0.6) is 0 Å². The fourth-order valence-electron chi connectivity index (χ4n) is 2.51. The molecule has 0 saturated carbocycles. The first-order valence-electron chi connectivity index (χ1n) is 7.09. The molecule has 2 N–H and O–H groups in total. The van der Waals surface area contributed by atoms with E-state index in [1.807, 2.05) is 54.6 Å². The monoisotopic (exact) mass is 321 g/mol. The maximum absolute atomic E-state index is 6.22. The molecule has 2 aromatic carbocycles. The molecule has 0 aliphatic rings. The molecule has 0 bridgehead atoms. The van der Waals surface area contributed by atoms with Crippen LogP contribution in [0.15, 0.2) is 59.7 Å². The minimum Gasteiger partial charge on any atom is -0.351 e. The van der Waals surface area contributed by atoms with Crippen LogP contribution in [0.3, 0.4) is 0 Å². The van der Waals surface area contributed by atoms with Crippen molar-refractivity contribution in [3.8, 4) is 0 Å². The largest absolute Gasteiger partial charge is 0.351 e. The van der Waals surface area contributed by atoms with Crippen LogP contribution in [0.4, 0.5) is 5.82 Å². The molecule has 112 valence electrons. The number of hydrazone groups is 1. The SMILES string of the molecule is Clc1nnc(N/N=C\c2ccccc2)c2[nH]c3ccccc3c12. The molecule has 2 aromatic heterocycles. The van der Waals surface area contributed by atoms with Crippen molar-refractivity contribution in [3.63, 3.8) is 0 Å². The number of hydrogen-bond acceptors (Lipinski definition) is 4. The second-order valence-electron chi connectivity index (χ2n) is 5.04. The summed E-state index contributed by atoms with van der Waals surface area (Å²) < 4.78 is 0. The number of rotatable bonds is 3. The molecule has 0 radical (unpaired) electrons. The van der Waals surface area contributed by atoms with Gasteiger partial charge >= 0.3 is 0 Å². The van der Waals surface area contributed by atoms with E-state index in [0.717, 1.165) is 27.4 Å². The zero-order valence-electron chi connectivity index (χ0n) is 12.0. The van der Waals surface area contributed by atoms with Gasteiger partial charge in [0.1, 0.15) is 0 Å². The molecule has 2 heterocycles. The molecule has 5 nitrogen and oxygen atoms in total. The van der Waals surface area contributed by atoms with E-state index in [2.05, 4.69) is 25.7 Å². The van der Waals surface area contributed by atoms with Crippen LogP contribution in [0.25, 0.3) is 21.8 Å². The number of anilines is 1. The first kappa shape index (κ1) is 13.7. The van der Waals surface area contributed by atoms with Crippen molar-refractivity contribution >= 4 is 45.4 Å². The average Bonchev–Trinajstić information content (AvgIpc) is 2.98. The summed E-state index contributed by atoms with van der Waals surface area (Å²) in [5, 5.41) is 14.6. The van der Waals surface area contributed by atoms with Crippen LogP contribution in [-0.2, 0) is 0 Å². The van der Waals surface area contributed by atoms with Crippen molar-refractivity contribution in [2.45, 2.75) is 0 Å². The molecule has 0 unspecified atom stereocenters. The summed E-state index contributed by atoms with van der Waals surface area (Å²) in [6.07, 6.45) is 1.73. The van der Waals surface area contributed by atoms with E-state index in [-0.39, 0.29) is 0 Å². The smallest absolute Gasteiger partial charge is 0.193 e. The van der Waals surface area contributed by atoms with Gasteiger partial charge in [-0.05, 0) is 11.6 Å². The number of nitrogens with one attached hydrogen (secondary N) is 2. The summed E-state index contributed by atoms with van der Waals surface area (Å²) in [7, 11) is 0. The highest BCUT2D eigenvalue weighted by Gasteiger charge is 2.13. The summed E-state index contributed by atoms with van der Waals surface area (Å²) in [4.78, 5) is 3.31. The lowest BCUT2D eigenvalue weighted by atomic mass is 10.2. The molecule has 0 atom stereocenters. The Bertz CT molecular complexity index is 1010. The van der Waals surface area contributed by atoms with E-state index in [0.29, 0.717) is 11.0 Å². The number of nitrogens with zero attached hydrogens (tertiary/aromatic N) is 3. The van der Waals surface area contributed by atoms with E-state index < -0.39 is 0 Å². The Kier molecular flexibility index (Phi) is 3.40. The molecule has 0 amide bonds. The number of hydrogen-bond donors (Lipinski definition) is 2. The molecule has 0 aliphatic heterocycles. The van der Waals surface area contributed by atoms with Gasteiger partial charge in [0.2, 0.25) is 0 Å². The molecule has 0 fully saturated rings. The molecule has 0 saturated heterocycles. The summed E-state index contributed by atoms with van der Waals surface area (Å²) in [6.45, 7) is 0. The minimum absolute atomic E-state index is 0.370. The number of aromatic nitrogens is 3. The Hall–Kier alpha value is -2.92. The van der Waals surface area contributed by atoms with Gasteiger partial charge in [0.15, 0.2) is 11.0 Å². The van der Waals surface area contributed by atoms with Gasteiger partial charge in [0.25, 0.3) is 0 Å². The summed E-state index contributed by atoms with van der Waals surface area (Å²) >= 11 is 6.22. The molecule has 4 aromatic rings. The van der Waals surface area contributed by atoms with Crippen LogP contribution >= 0.6 is 11.6 Å². The first-order valence-corrected chi connectivity index (χ1v) is 7.47. The molecule has 23 heavy (non-hydrogen) atoms. The fourth-order valence-corrected chi connectivity index (χ4v) is 2.75.